The average molecular weight is 296 g/mol. The van der Waals surface area contributed by atoms with Crippen molar-refractivity contribution in [2.24, 2.45) is 13.0 Å². The molecule has 0 radical (unpaired) electrons. The lowest BCUT2D eigenvalue weighted by atomic mass is 10.0. The molecular weight excluding hydrogens is 274 g/mol. The standard InChI is InChI=1S/C15H22ClN3O/c1-11-5-4-9-19(10-8-11)14(20)7-6-13-12(2)17-18(3)15(13)16/h6-7,11H,4-5,8-10H2,1-3H3/b7-6+/t11-/m0/s1. The van der Waals surface area contributed by atoms with Gasteiger partial charge in [-0.05, 0) is 38.2 Å². The van der Waals surface area contributed by atoms with Gasteiger partial charge in [-0.25, -0.2) is 0 Å². The number of hydrogen-bond donors (Lipinski definition) is 0. The number of halogens is 1. The summed E-state index contributed by atoms with van der Waals surface area (Å²) < 4.78 is 1.62. The number of carbonyl (C=O) groups excluding carboxylic acids is 1. The highest BCUT2D eigenvalue weighted by Gasteiger charge is 2.17. The van der Waals surface area contributed by atoms with E-state index >= 15 is 0 Å². The van der Waals surface area contributed by atoms with Crippen LogP contribution in [0.4, 0.5) is 0 Å². The van der Waals surface area contributed by atoms with Crippen molar-refractivity contribution in [3.05, 3.63) is 22.5 Å². The number of hydrogen-bond acceptors (Lipinski definition) is 2. The first-order valence-corrected chi connectivity index (χ1v) is 7.53. The van der Waals surface area contributed by atoms with Crippen LogP contribution in [0.3, 0.4) is 0 Å². The Labute approximate surface area is 125 Å². The second kappa shape index (κ2) is 6.44. The second-order valence-corrected chi connectivity index (χ2v) is 5.97. The molecule has 110 valence electrons. The smallest absolute Gasteiger partial charge is 0.246 e. The molecule has 0 N–H and O–H groups in total. The average Bonchev–Trinajstić information content (AvgIpc) is 2.59. The van der Waals surface area contributed by atoms with E-state index < -0.39 is 0 Å². The van der Waals surface area contributed by atoms with E-state index in [1.807, 2.05) is 11.8 Å². The lowest BCUT2D eigenvalue weighted by molar-refractivity contribution is -0.125. The van der Waals surface area contributed by atoms with Crippen molar-refractivity contribution in [1.29, 1.82) is 0 Å². The summed E-state index contributed by atoms with van der Waals surface area (Å²) in [6.07, 6.45) is 6.79. The summed E-state index contributed by atoms with van der Waals surface area (Å²) in [5.41, 5.74) is 1.66. The SMILES string of the molecule is Cc1nn(C)c(Cl)c1/C=C/C(=O)N1CCC[C@H](C)CC1. The maximum absolute atomic E-state index is 12.2. The van der Waals surface area contributed by atoms with Crippen LogP contribution in [0.2, 0.25) is 5.15 Å². The van der Waals surface area contributed by atoms with Gasteiger partial charge in [0.25, 0.3) is 0 Å². The first-order chi connectivity index (χ1) is 9.49. The van der Waals surface area contributed by atoms with E-state index in [0.29, 0.717) is 11.1 Å². The fourth-order valence-corrected chi connectivity index (χ4v) is 2.82. The summed E-state index contributed by atoms with van der Waals surface area (Å²) in [7, 11) is 1.80. The molecule has 0 saturated carbocycles. The summed E-state index contributed by atoms with van der Waals surface area (Å²) in [6, 6.07) is 0. The van der Waals surface area contributed by atoms with Crippen LogP contribution >= 0.6 is 11.6 Å². The van der Waals surface area contributed by atoms with Gasteiger partial charge < -0.3 is 4.90 Å². The Morgan fingerprint density at radius 2 is 2.15 bits per heavy atom. The zero-order valence-electron chi connectivity index (χ0n) is 12.4. The molecule has 1 aliphatic heterocycles. The van der Waals surface area contributed by atoms with Crippen LogP contribution in [0.15, 0.2) is 6.08 Å². The van der Waals surface area contributed by atoms with E-state index in [9.17, 15) is 4.79 Å². The van der Waals surface area contributed by atoms with Crippen LogP contribution < -0.4 is 0 Å². The van der Waals surface area contributed by atoms with Crippen LogP contribution in [-0.4, -0.2) is 33.7 Å². The van der Waals surface area contributed by atoms with Gasteiger partial charge >= 0.3 is 0 Å². The monoisotopic (exact) mass is 295 g/mol. The molecule has 0 spiro atoms. The van der Waals surface area contributed by atoms with Crippen molar-refractivity contribution in [3.63, 3.8) is 0 Å². The molecule has 1 aromatic heterocycles. The van der Waals surface area contributed by atoms with Gasteiger partial charge in [0.2, 0.25) is 5.91 Å². The van der Waals surface area contributed by atoms with Gasteiger partial charge in [0.1, 0.15) is 5.15 Å². The molecule has 4 nitrogen and oxygen atoms in total. The third-order valence-corrected chi connectivity index (χ3v) is 4.37. The van der Waals surface area contributed by atoms with Gasteiger partial charge in [-0.3, -0.25) is 9.48 Å². The molecule has 0 aromatic carbocycles. The van der Waals surface area contributed by atoms with Crippen molar-refractivity contribution in [2.75, 3.05) is 13.1 Å². The molecule has 1 aliphatic rings. The van der Waals surface area contributed by atoms with Crippen molar-refractivity contribution in [3.8, 4) is 0 Å². The number of aromatic nitrogens is 2. The number of carbonyl (C=O) groups is 1. The molecule has 0 aliphatic carbocycles. The quantitative estimate of drug-likeness (QED) is 0.787. The zero-order valence-corrected chi connectivity index (χ0v) is 13.2. The maximum atomic E-state index is 12.2. The van der Waals surface area contributed by atoms with E-state index in [2.05, 4.69) is 12.0 Å². The summed E-state index contributed by atoms with van der Waals surface area (Å²) in [5, 5.41) is 4.80. The molecule has 1 fully saturated rings. The minimum Gasteiger partial charge on any atom is -0.339 e. The van der Waals surface area contributed by atoms with Crippen molar-refractivity contribution < 1.29 is 4.79 Å². The number of nitrogens with zero attached hydrogens (tertiary/aromatic N) is 3. The first kappa shape index (κ1) is 15.1. The predicted molar refractivity (Wildman–Crippen MR) is 81.6 cm³/mol. The fraction of sp³-hybridized carbons (Fsp3) is 0.600. The topological polar surface area (TPSA) is 38.1 Å². The lowest BCUT2D eigenvalue weighted by Crippen LogP contribution is -2.30. The van der Waals surface area contributed by atoms with Crippen molar-refractivity contribution in [2.45, 2.75) is 33.1 Å². The number of rotatable bonds is 2. The molecule has 1 aromatic rings. The fourth-order valence-electron chi connectivity index (χ4n) is 2.58. The van der Waals surface area contributed by atoms with Crippen LogP contribution in [0.5, 0.6) is 0 Å². The van der Waals surface area contributed by atoms with Gasteiger partial charge in [0, 0.05) is 31.8 Å². The highest BCUT2D eigenvalue weighted by molar-refractivity contribution is 6.31. The lowest BCUT2D eigenvalue weighted by Gasteiger charge is -2.18. The van der Waals surface area contributed by atoms with Crippen LogP contribution in [-0.2, 0) is 11.8 Å². The van der Waals surface area contributed by atoms with E-state index in [1.54, 1.807) is 23.9 Å². The van der Waals surface area contributed by atoms with Gasteiger partial charge in [0.05, 0.1) is 5.69 Å². The number of amides is 1. The number of likely N-dealkylation sites (tertiary alicyclic amines) is 1. The largest absolute Gasteiger partial charge is 0.339 e. The van der Waals surface area contributed by atoms with E-state index in [-0.39, 0.29) is 5.91 Å². The van der Waals surface area contributed by atoms with Gasteiger partial charge in [0.15, 0.2) is 0 Å². The van der Waals surface area contributed by atoms with Crippen molar-refractivity contribution >= 4 is 23.6 Å². The molecular formula is C15H22ClN3O. The second-order valence-electron chi connectivity index (χ2n) is 5.61. The van der Waals surface area contributed by atoms with E-state index in [4.69, 9.17) is 11.6 Å². The Balaban J connectivity index is 2.05. The molecule has 2 heterocycles. The molecule has 20 heavy (non-hydrogen) atoms. The van der Waals surface area contributed by atoms with E-state index in [0.717, 1.165) is 37.2 Å². The normalized spacial score (nSPS) is 20.4. The summed E-state index contributed by atoms with van der Waals surface area (Å²) in [4.78, 5) is 14.2. The molecule has 5 heteroatoms. The molecule has 2 rings (SSSR count). The summed E-state index contributed by atoms with van der Waals surface area (Å²) >= 11 is 6.15. The van der Waals surface area contributed by atoms with Crippen LogP contribution in [0.25, 0.3) is 6.08 Å². The zero-order chi connectivity index (χ0) is 14.7. The summed E-state index contributed by atoms with van der Waals surface area (Å²) in [6.45, 7) is 5.85. The van der Waals surface area contributed by atoms with Gasteiger partial charge in [-0.1, -0.05) is 18.5 Å². The summed E-state index contributed by atoms with van der Waals surface area (Å²) in [5.74, 6) is 0.783. The minimum absolute atomic E-state index is 0.0680. The number of aryl methyl sites for hydroxylation is 2. The molecule has 1 atom stereocenters. The molecule has 1 saturated heterocycles. The Morgan fingerprint density at radius 3 is 2.80 bits per heavy atom. The third-order valence-electron chi connectivity index (χ3n) is 3.92. The molecule has 0 unspecified atom stereocenters. The van der Waals surface area contributed by atoms with Gasteiger partial charge in [-0.2, -0.15) is 5.10 Å². The first-order valence-electron chi connectivity index (χ1n) is 7.15. The molecule has 0 bridgehead atoms. The predicted octanol–water partition coefficient (Wildman–Crippen LogP) is 3.04. The molecule has 1 amide bonds. The van der Waals surface area contributed by atoms with Crippen LogP contribution in [0, 0.1) is 12.8 Å². The Bertz CT molecular complexity index is 521. The maximum Gasteiger partial charge on any atom is 0.246 e. The van der Waals surface area contributed by atoms with Crippen molar-refractivity contribution in [1.82, 2.24) is 14.7 Å². The van der Waals surface area contributed by atoms with E-state index in [1.165, 1.54) is 6.42 Å². The Morgan fingerprint density at radius 1 is 1.40 bits per heavy atom. The van der Waals surface area contributed by atoms with Crippen LogP contribution in [0.1, 0.15) is 37.4 Å². The Kier molecular flexibility index (Phi) is 4.86. The van der Waals surface area contributed by atoms with Gasteiger partial charge in [-0.15, -0.1) is 0 Å². The Hall–Kier alpha value is -1.29. The third kappa shape index (κ3) is 3.42. The minimum atomic E-state index is 0.0680. The highest BCUT2D eigenvalue weighted by Crippen LogP contribution is 2.21. The highest BCUT2D eigenvalue weighted by atomic mass is 35.5.